The van der Waals surface area contributed by atoms with Crippen molar-refractivity contribution in [1.29, 1.82) is 0 Å². The molecular formula is C17H17NO3. The van der Waals surface area contributed by atoms with Crippen LogP contribution in [0.4, 0.5) is 0 Å². The summed E-state index contributed by atoms with van der Waals surface area (Å²) in [6, 6.07) is 7.58. The second-order valence-corrected chi connectivity index (χ2v) is 5.44. The number of aromatic nitrogens is 1. The van der Waals surface area contributed by atoms with Crippen molar-refractivity contribution < 1.29 is 14.3 Å². The van der Waals surface area contributed by atoms with Crippen LogP contribution in [-0.2, 0) is 22.4 Å². The van der Waals surface area contributed by atoms with Crippen molar-refractivity contribution in [2.75, 3.05) is 0 Å². The highest BCUT2D eigenvalue weighted by atomic mass is 16.5. The molecule has 0 fully saturated rings. The molecule has 1 aromatic heterocycles. The third kappa shape index (κ3) is 2.42. The van der Waals surface area contributed by atoms with E-state index in [1.165, 1.54) is 6.92 Å². The maximum Gasteiger partial charge on any atom is 0.339 e. The topological polar surface area (TPSA) is 56.3 Å². The van der Waals surface area contributed by atoms with Crippen molar-refractivity contribution in [2.45, 2.75) is 39.2 Å². The van der Waals surface area contributed by atoms with E-state index in [0.717, 1.165) is 41.4 Å². The number of nitrogens with zero attached hydrogens (tertiary/aromatic N) is 1. The number of rotatable bonds is 3. The number of benzene rings is 1. The van der Waals surface area contributed by atoms with Gasteiger partial charge in [-0.25, -0.2) is 4.79 Å². The molecular weight excluding hydrogens is 266 g/mol. The number of Topliss-reactive ketones (excluding diaryl/α,β-unsaturated/α-hetero) is 1. The molecule has 0 radical (unpaired) electrons. The Balaban J connectivity index is 2.12. The quantitative estimate of drug-likeness (QED) is 0.813. The van der Waals surface area contributed by atoms with Crippen molar-refractivity contribution in [1.82, 2.24) is 4.98 Å². The Labute approximate surface area is 123 Å². The van der Waals surface area contributed by atoms with Crippen LogP contribution in [0.15, 0.2) is 24.3 Å². The minimum absolute atomic E-state index is 0.154. The lowest BCUT2D eigenvalue weighted by atomic mass is 10.0. The van der Waals surface area contributed by atoms with Gasteiger partial charge in [0.05, 0.1) is 11.1 Å². The standard InChI is InChI=1S/C17H17NO3/c1-10(19)11(2)21-17(20)16-12-6-3-4-8-14(12)18-15-9-5-7-13(15)16/h3-4,6,8,11H,5,7,9H2,1-2H3/t11-/m1/s1. The first-order valence-corrected chi connectivity index (χ1v) is 7.20. The Kier molecular flexibility index (Phi) is 3.45. The number of fused-ring (bicyclic) bond motifs is 2. The maximum absolute atomic E-state index is 12.5. The Morgan fingerprint density at radius 3 is 2.76 bits per heavy atom. The van der Waals surface area contributed by atoms with Gasteiger partial charge in [-0.15, -0.1) is 0 Å². The van der Waals surface area contributed by atoms with E-state index in [2.05, 4.69) is 4.98 Å². The van der Waals surface area contributed by atoms with Gasteiger partial charge in [-0.2, -0.15) is 0 Å². The van der Waals surface area contributed by atoms with E-state index in [4.69, 9.17) is 4.74 Å². The SMILES string of the molecule is CC(=O)[C@@H](C)OC(=O)c1c2c(nc3ccccc13)CCC2. The lowest BCUT2D eigenvalue weighted by molar-refractivity contribution is -0.124. The highest BCUT2D eigenvalue weighted by Gasteiger charge is 2.26. The molecule has 0 saturated carbocycles. The molecule has 0 spiro atoms. The van der Waals surface area contributed by atoms with Gasteiger partial charge in [0.15, 0.2) is 11.9 Å². The molecule has 1 atom stereocenters. The minimum atomic E-state index is -0.721. The van der Waals surface area contributed by atoms with E-state index in [1.54, 1.807) is 6.92 Å². The summed E-state index contributed by atoms with van der Waals surface area (Å²) in [6.45, 7) is 3.02. The monoisotopic (exact) mass is 283 g/mol. The van der Waals surface area contributed by atoms with E-state index >= 15 is 0 Å². The molecule has 4 nitrogen and oxygen atoms in total. The number of aryl methyl sites for hydroxylation is 1. The highest BCUT2D eigenvalue weighted by molar-refractivity contribution is 6.05. The molecule has 1 heterocycles. The fourth-order valence-electron chi connectivity index (χ4n) is 2.75. The molecule has 3 rings (SSSR count). The number of carbonyl (C=O) groups excluding carboxylic acids is 2. The summed E-state index contributed by atoms with van der Waals surface area (Å²) in [5.74, 6) is -0.576. The zero-order chi connectivity index (χ0) is 15.0. The van der Waals surface area contributed by atoms with Gasteiger partial charge in [-0.1, -0.05) is 18.2 Å². The van der Waals surface area contributed by atoms with Gasteiger partial charge < -0.3 is 4.74 Å². The van der Waals surface area contributed by atoms with Crippen LogP contribution in [0, 0.1) is 0 Å². The predicted octanol–water partition coefficient (Wildman–Crippen LogP) is 2.86. The summed E-state index contributed by atoms with van der Waals surface area (Å²) in [7, 11) is 0. The zero-order valence-electron chi connectivity index (χ0n) is 12.2. The van der Waals surface area contributed by atoms with Gasteiger partial charge in [-0.05, 0) is 44.7 Å². The highest BCUT2D eigenvalue weighted by Crippen LogP contribution is 2.30. The molecule has 4 heteroatoms. The molecule has 0 bridgehead atoms. The van der Waals surface area contributed by atoms with Crippen molar-refractivity contribution in [3.05, 3.63) is 41.1 Å². The third-order valence-corrected chi connectivity index (χ3v) is 3.98. The number of hydrogen-bond acceptors (Lipinski definition) is 4. The third-order valence-electron chi connectivity index (χ3n) is 3.98. The van der Waals surface area contributed by atoms with E-state index in [-0.39, 0.29) is 5.78 Å². The molecule has 21 heavy (non-hydrogen) atoms. The van der Waals surface area contributed by atoms with Gasteiger partial charge in [-0.3, -0.25) is 9.78 Å². The molecule has 2 aromatic rings. The van der Waals surface area contributed by atoms with Crippen molar-refractivity contribution in [3.63, 3.8) is 0 Å². The summed E-state index contributed by atoms with van der Waals surface area (Å²) in [4.78, 5) is 28.5. The lowest BCUT2D eigenvalue weighted by Crippen LogP contribution is -2.23. The number of carbonyl (C=O) groups is 2. The van der Waals surface area contributed by atoms with E-state index in [9.17, 15) is 9.59 Å². The first-order valence-electron chi connectivity index (χ1n) is 7.20. The van der Waals surface area contributed by atoms with Crippen LogP contribution in [0.1, 0.15) is 41.9 Å². The normalized spacial score (nSPS) is 14.8. The first kappa shape index (κ1) is 13.7. The first-order chi connectivity index (χ1) is 10.1. The van der Waals surface area contributed by atoms with Crippen LogP contribution in [0.2, 0.25) is 0 Å². The van der Waals surface area contributed by atoms with Crippen molar-refractivity contribution >= 4 is 22.7 Å². The van der Waals surface area contributed by atoms with Crippen LogP contribution < -0.4 is 0 Å². The largest absolute Gasteiger partial charge is 0.451 e. The van der Waals surface area contributed by atoms with E-state index in [0.29, 0.717) is 5.56 Å². The molecule has 108 valence electrons. The molecule has 0 aliphatic heterocycles. The predicted molar refractivity (Wildman–Crippen MR) is 79.3 cm³/mol. The molecule has 0 saturated heterocycles. The number of esters is 1. The van der Waals surface area contributed by atoms with Gasteiger partial charge in [0.1, 0.15) is 0 Å². The Morgan fingerprint density at radius 2 is 2.00 bits per heavy atom. The summed E-state index contributed by atoms with van der Waals surface area (Å²) >= 11 is 0. The summed E-state index contributed by atoms with van der Waals surface area (Å²) in [5, 5.41) is 0.805. The van der Waals surface area contributed by atoms with Gasteiger partial charge in [0, 0.05) is 11.1 Å². The molecule has 1 aliphatic rings. The molecule has 0 amide bonds. The number of ether oxygens (including phenoxy) is 1. The fourth-order valence-corrected chi connectivity index (χ4v) is 2.75. The Morgan fingerprint density at radius 1 is 1.24 bits per heavy atom. The Bertz CT molecular complexity index is 736. The molecule has 1 aliphatic carbocycles. The van der Waals surface area contributed by atoms with Crippen LogP contribution in [0.3, 0.4) is 0 Å². The van der Waals surface area contributed by atoms with Gasteiger partial charge in [0.2, 0.25) is 0 Å². The summed E-state index contributed by atoms with van der Waals surface area (Å²) in [6.07, 6.45) is 2.01. The molecule has 1 aromatic carbocycles. The van der Waals surface area contributed by atoms with E-state index < -0.39 is 12.1 Å². The Hall–Kier alpha value is -2.23. The lowest BCUT2D eigenvalue weighted by Gasteiger charge is -2.14. The smallest absolute Gasteiger partial charge is 0.339 e. The molecule has 0 N–H and O–H groups in total. The average molecular weight is 283 g/mol. The van der Waals surface area contributed by atoms with Crippen LogP contribution in [0.5, 0.6) is 0 Å². The fraction of sp³-hybridized carbons (Fsp3) is 0.353. The summed E-state index contributed by atoms with van der Waals surface area (Å²) < 4.78 is 5.31. The zero-order valence-corrected chi connectivity index (χ0v) is 12.2. The number of para-hydroxylation sites is 1. The van der Waals surface area contributed by atoms with Crippen LogP contribution in [0.25, 0.3) is 10.9 Å². The average Bonchev–Trinajstić information content (AvgIpc) is 2.91. The number of pyridine rings is 1. The van der Waals surface area contributed by atoms with Crippen molar-refractivity contribution in [2.24, 2.45) is 0 Å². The number of ketones is 1. The summed E-state index contributed by atoms with van der Waals surface area (Å²) in [5.41, 5.74) is 3.35. The van der Waals surface area contributed by atoms with Crippen LogP contribution >= 0.6 is 0 Å². The minimum Gasteiger partial charge on any atom is -0.451 e. The second kappa shape index (κ2) is 5.28. The van der Waals surface area contributed by atoms with Crippen LogP contribution in [-0.4, -0.2) is 22.8 Å². The maximum atomic E-state index is 12.5. The van der Waals surface area contributed by atoms with Gasteiger partial charge >= 0.3 is 5.97 Å². The van der Waals surface area contributed by atoms with E-state index in [1.807, 2.05) is 24.3 Å². The second-order valence-electron chi connectivity index (χ2n) is 5.44. The molecule has 0 unspecified atom stereocenters. The van der Waals surface area contributed by atoms with Crippen molar-refractivity contribution in [3.8, 4) is 0 Å². The van der Waals surface area contributed by atoms with Gasteiger partial charge in [0.25, 0.3) is 0 Å². The number of hydrogen-bond donors (Lipinski definition) is 0.